The number of aliphatic carboxylic acids is 1. The van der Waals surface area contributed by atoms with Crippen LogP contribution in [0.25, 0.3) is 0 Å². The maximum atomic E-state index is 11.4. The van der Waals surface area contributed by atoms with E-state index in [9.17, 15) is 14.7 Å². The lowest BCUT2D eigenvalue weighted by atomic mass is 9.79. The first-order valence-corrected chi connectivity index (χ1v) is 3.92. The normalized spacial score (nSPS) is 16.4. The molecule has 5 nitrogen and oxygen atoms in total. The molecule has 0 rings (SSSR count). The fraction of sp³-hybridized carbons (Fsp3) is 0.750. The van der Waals surface area contributed by atoms with Crippen LogP contribution in [0.4, 0.5) is 0 Å². The highest BCUT2D eigenvalue weighted by Crippen LogP contribution is 2.23. The van der Waals surface area contributed by atoms with Crippen molar-refractivity contribution < 1.29 is 19.8 Å². The molecule has 5 heteroatoms. The maximum Gasteiger partial charge on any atom is 0.333 e. The number of nitrogens with two attached hydrogens (primary N) is 1. The van der Waals surface area contributed by atoms with Crippen LogP contribution in [0.1, 0.15) is 20.8 Å². The van der Waals surface area contributed by atoms with E-state index in [-0.39, 0.29) is 0 Å². The second kappa shape index (κ2) is 3.85. The van der Waals surface area contributed by atoms with Gasteiger partial charge in [-0.25, -0.2) is 4.79 Å². The van der Waals surface area contributed by atoms with E-state index in [1.807, 2.05) is 0 Å². The Hall–Kier alpha value is -0.940. The summed E-state index contributed by atoms with van der Waals surface area (Å²) in [6.45, 7) is 4.17. The third-order valence-corrected chi connectivity index (χ3v) is 1.97. The summed E-state index contributed by atoms with van der Waals surface area (Å²) in [5.74, 6) is -1.89. The van der Waals surface area contributed by atoms with Crippen LogP contribution in [-0.2, 0) is 9.59 Å². The molecule has 0 fully saturated rings. The van der Waals surface area contributed by atoms with Gasteiger partial charge in [-0.3, -0.25) is 4.79 Å². The van der Waals surface area contributed by atoms with Gasteiger partial charge in [-0.15, -0.1) is 0 Å². The van der Waals surface area contributed by atoms with Gasteiger partial charge in [0.15, 0.2) is 11.9 Å². The van der Waals surface area contributed by atoms with Crippen molar-refractivity contribution in [2.24, 2.45) is 11.1 Å². The largest absolute Gasteiger partial charge is 0.479 e. The van der Waals surface area contributed by atoms with Crippen molar-refractivity contribution in [1.29, 1.82) is 0 Å². The zero-order chi connectivity index (χ0) is 10.8. The second-order valence-corrected chi connectivity index (χ2v) is 3.62. The molecule has 1 unspecified atom stereocenters. The molecule has 0 aromatic heterocycles. The van der Waals surface area contributed by atoms with Crippen molar-refractivity contribution in [1.82, 2.24) is 0 Å². The summed E-state index contributed by atoms with van der Waals surface area (Å²) in [6.07, 6.45) is -1.72. The van der Waals surface area contributed by atoms with Crippen LogP contribution in [0.3, 0.4) is 0 Å². The van der Waals surface area contributed by atoms with Gasteiger partial charge in [-0.05, 0) is 20.8 Å². The lowest BCUT2D eigenvalue weighted by molar-refractivity contribution is -0.158. The van der Waals surface area contributed by atoms with Crippen LogP contribution in [0.5, 0.6) is 0 Å². The summed E-state index contributed by atoms with van der Waals surface area (Å²) in [5, 5.41) is 17.7. The number of carbonyl (C=O) groups is 2. The highest BCUT2D eigenvalue weighted by atomic mass is 16.4. The number of carbonyl (C=O) groups excluding carboxylic acids is 1. The van der Waals surface area contributed by atoms with Gasteiger partial charge in [0.2, 0.25) is 0 Å². The first kappa shape index (κ1) is 12.1. The number of aliphatic hydroxyl groups excluding tert-OH is 1. The molecule has 0 spiro atoms. The topological polar surface area (TPSA) is 101 Å². The number of aliphatic hydroxyl groups is 1. The Bertz CT molecular complexity index is 222. The Morgan fingerprint density at radius 1 is 1.38 bits per heavy atom. The van der Waals surface area contributed by atoms with Crippen molar-refractivity contribution in [2.45, 2.75) is 32.9 Å². The Kier molecular flexibility index (Phi) is 3.57. The first-order valence-electron chi connectivity index (χ1n) is 3.92. The Balaban J connectivity index is 4.75. The average Bonchev–Trinajstić information content (AvgIpc) is 2.01. The van der Waals surface area contributed by atoms with Gasteiger partial charge in [0.25, 0.3) is 0 Å². The number of carboxylic acids is 1. The predicted octanol–water partition coefficient (Wildman–Crippen LogP) is -0.626. The van der Waals surface area contributed by atoms with E-state index in [2.05, 4.69) is 0 Å². The fourth-order valence-corrected chi connectivity index (χ4v) is 1.03. The lowest BCUT2D eigenvalue weighted by Crippen LogP contribution is -2.48. The molecule has 0 aromatic rings. The van der Waals surface area contributed by atoms with E-state index < -0.39 is 29.3 Å². The molecular weight excluding hydrogens is 174 g/mol. The third-order valence-electron chi connectivity index (χ3n) is 1.97. The highest BCUT2D eigenvalue weighted by Gasteiger charge is 2.41. The Morgan fingerprint density at radius 2 is 1.77 bits per heavy atom. The molecule has 0 aromatic carbocycles. The molecule has 0 saturated carbocycles. The minimum absolute atomic E-state index is 0.470. The smallest absolute Gasteiger partial charge is 0.333 e. The van der Waals surface area contributed by atoms with Crippen molar-refractivity contribution in [3.63, 3.8) is 0 Å². The minimum atomic E-state index is -1.72. The van der Waals surface area contributed by atoms with Crippen molar-refractivity contribution in [3.05, 3.63) is 0 Å². The van der Waals surface area contributed by atoms with Crippen molar-refractivity contribution in [3.8, 4) is 0 Å². The molecule has 0 saturated heterocycles. The van der Waals surface area contributed by atoms with E-state index in [0.29, 0.717) is 0 Å². The molecule has 2 atom stereocenters. The summed E-state index contributed by atoms with van der Waals surface area (Å²) in [5.41, 5.74) is 3.96. The van der Waals surface area contributed by atoms with Gasteiger partial charge >= 0.3 is 5.97 Å². The number of ketones is 1. The van der Waals surface area contributed by atoms with Gasteiger partial charge in [0.05, 0.1) is 11.5 Å². The minimum Gasteiger partial charge on any atom is -0.479 e. The zero-order valence-corrected chi connectivity index (χ0v) is 7.94. The molecule has 0 aliphatic carbocycles. The molecule has 13 heavy (non-hydrogen) atoms. The van der Waals surface area contributed by atoms with E-state index in [0.717, 1.165) is 0 Å². The number of hydrogen-bond acceptors (Lipinski definition) is 4. The molecule has 0 bridgehead atoms. The lowest BCUT2D eigenvalue weighted by Gasteiger charge is -2.27. The molecule has 0 amide bonds. The van der Waals surface area contributed by atoms with Crippen molar-refractivity contribution >= 4 is 11.8 Å². The Labute approximate surface area is 76.5 Å². The molecular formula is C8H15NO4. The van der Waals surface area contributed by atoms with Crippen LogP contribution in [0.2, 0.25) is 0 Å². The van der Waals surface area contributed by atoms with Gasteiger partial charge in [0.1, 0.15) is 0 Å². The average molecular weight is 189 g/mol. The number of hydrogen-bond donors (Lipinski definition) is 3. The van der Waals surface area contributed by atoms with E-state index >= 15 is 0 Å². The third kappa shape index (κ3) is 2.50. The van der Waals surface area contributed by atoms with Crippen LogP contribution in [0, 0.1) is 5.41 Å². The standard InChI is InChI=1S/C8H15NO4/c1-4(9)5(10)8(2,3)6(11)7(12)13/h4,6,11H,9H2,1-3H3,(H,12,13)/t4-,6?/m0/s1. The maximum absolute atomic E-state index is 11.4. The van der Waals surface area contributed by atoms with Crippen LogP contribution < -0.4 is 5.73 Å². The second-order valence-electron chi connectivity index (χ2n) is 3.62. The summed E-state index contributed by atoms with van der Waals surface area (Å²) < 4.78 is 0. The molecule has 0 radical (unpaired) electrons. The summed E-state index contributed by atoms with van der Waals surface area (Å²) in [4.78, 5) is 21.8. The van der Waals surface area contributed by atoms with Gasteiger partial charge in [-0.2, -0.15) is 0 Å². The quantitative estimate of drug-likeness (QED) is 0.547. The molecule has 4 N–H and O–H groups in total. The van der Waals surface area contributed by atoms with E-state index in [1.165, 1.54) is 20.8 Å². The number of rotatable bonds is 4. The summed E-state index contributed by atoms with van der Waals surface area (Å²) in [6, 6.07) is -0.774. The van der Waals surface area contributed by atoms with E-state index in [4.69, 9.17) is 10.8 Å². The van der Waals surface area contributed by atoms with Crippen molar-refractivity contribution in [2.75, 3.05) is 0 Å². The highest BCUT2D eigenvalue weighted by molar-refractivity contribution is 5.93. The molecule has 0 aliphatic rings. The van der Waals surface area contributed by atoms with Crippen LogP contribution in [0.15, 0.2) is 0 Å². The zero-order valence-electron chi connectivity index (χ0n) is 7.94. The molecule has 0 aliphatic heterocycles. The molecule has 0 heterocycles. The van der Waals surface area contributed by atoms with Crippen LogP contribution >= 0.6 is 0 Å². The monoisotopic (exact) mass is 189 g/mol. The van der Waals surface area contributed by atoms with E-state index in [1.54, 1.807) is 0 Å². The van der Waals surface area contributed by atoms with Gasteiger partial charge in [-0.1, -0.05) is 0 Å². The van der Waals surface area contributed by atoms with Gasteiger partial charge in [0, 0.05) is 0 Å². The first-order chi connectivity index (χ1) is 5.71. The fourth-order valence-electron chi connectivity index (χ4n) is 1.03. The SMILES string of the molecule is C[C@H](N)C(=O)C(C)(C)C(O)C(=O)O. The molecule has 76 valence electrons. The van der Waals surface area contributed by atoms with Gasteiger partial charge < -0.3 is 15.9 Å². The summed E-state index contributed by atoms with van der Waals surface area (Å²) in [7, 11) is 0. The summed E-state index contributed by atoms with van der Waals surface area (Å²) >= 11 is 0. The van der Waals surface area contributed by atoms with Crippen LogP contribution in [-0.4, -0.2) is 34.1 Å². The predicted molar refractivity (Wildman–Crippen MR) is 46.1 cm³/mol. The Morgan fingerprint density at radius 3 is 2.00 bits per heavy atom. The number of Topliss-reactive ketones (excluding diaryl/α,β-unsaturated/α-hetero) is 1. The number of carboxylic acid groups (broad SMARTS) is 1.